The monoisotopic (exact) mass is 243 g/mol. The summed E-state index contributed by atoms with van der Waals surface area (Å²) in [6.07, 6.45) is 0. The van der Waals surface area contributed by atoms with Crippen molar-refractivity contribution in [1.29, 1.82) is 0 Å². The summed E-state index contributed by atoms with van der Waals surface area (Å²) in [6.45, 7) is 0. The smallest absolute Gasteiger partial charge is 0.344 e. The van der Waals surface area contributed by atoms with Gasteiger partial charge < -0.3 is 15.9 Å². The van der Waals surface area contributed by atoms with Gasteiger partial charge in [0.25, 0.3) is 0 Å². The van der Waals surface area contributed by atoms with Crippen molar-refractivity contribution in [3.63, 3.8) is 0 Å². The van der Waals surface area contributed by atoms with Crippen molar-refractivity contribution >= 4 is 7.82 Å². The topological polar surface area (TPSA) is 122 Å². The third-order valence-electron chi connectivity index (χ3n) is 0.106. The summed E-state index contributed by atoms with van der Waals surface area (Å²) in [5, 5.41) is 7.14. The Kier molecular flexibility index (Phi) is 22.7. The SMILES string of the molecule is N.O=P(O)(O)OO.[Fe].[Fe]. The van der Waals surface area contributed by atoms with E-state index in [1.807, 2.05) is 0 Å². The molecule has 0 rings (SSSR count). The van der Waals surface area contributed by atoms with E-state index in [0.717, 1.165) is 0 Å². The van der Waals surface area contributed by atoms with Crippen LogP contribution in [0.2, 0.25) is 0 Å². The molecular formula is H6Fe2NO5P. The van der Waals surface area contributed by atoms with Crippen molar-refractivity contribution in [2.75, 3.05) is 0 Å². The molecule has 0 bridgehead atoms. The fourth-order valence-corrected chi connectivity index (χ4v) is 0. The largest absolute Gasteiger partial charge is 0.496 e. The third-order valence-corrected chi connectivity index (χ3v) is 0.319. The van der Waals surface area contributed by atoms with Crippen molar-refractivity contribution in [1.82, 2.24) is 6.15 Å². The van der Waals surface area contributed by atoms with E-state index in [4.69, 9.17) is 15.0 Å². The Morgan fingerprint density at radius 2 is 1.33 bits per heavy atom. The molecule has 0 radical (unpaired) electrons. The minimum Gasteiger partial charge on any atom is -0.344 e. The zero-order valence-corrected chi connectivity index (χ0v) is 7.12. The van der Waals surface area contributed by atoms with E-state index in [9.17, 15) is 4.57 Å². The second-order valence-corrected chi connectivity index (χ2v) is 1.72. The van der Waals surface area contributed by atoms with Crippen molar-refractivity contribution in [3.05, 3.63) is 0 Å². The molecule has 6 N–H and O–H groups in total. The Morgan fingerprint density at radius 3 is 1.33 bits per heavy atom. The zero-order valence-electron chi connectivity index (χ0n) is 4.02. The van der Waals surface area contributed by atoms with Crippen LogP contribution in [0.5, 0.6) is 0 Å². The third kappa shape index (κ3) is 27.4. The zero-order chi connectivity index (χ0) is 5.21. The molecule has 6 nitrogen and oxygen atoms in total. The first-order chi connectivity index (χ1) is 2.56. The molecule has 0 saturated heterocycles. The van der Waals surface area contributed by atoms with Crippen LogP contribution in [0.1, 0.15) is 0 Å². The maximum absolute atomic E-state index is 9.22. The summed E-state index contributed by atoms with van der Waals surface area (Å²) in [7, 11) is -4.59. The molecule has 0 aliphatic rings. The van der Waals surface area contributed by atoms with E-state index in [0.29, 0.717) is 0 Å². The maximum atomic E-state index is 9.22. The summed E-state index contributed by atoms with van der Waals surface area (Å²) in [6, 6.07) is 0. The van der Waals surface area contributed by atoms with Crippen LogP contribution in [0, 0.1) is 0 Å². The fourth-order valence-electron chi connectivity index (χ4n) is 0. The summed E-state index contributed by atoms with van der Waals surface area (Å²) >= 11 is 0. The fraction of sp³-hybridized carbons (Fsp3) is 0. The van der Waals surface area contributed by atoms with Gasteiger partial charge in [-0.3, -0.25) is 0 Å². The van der Waals surface area contributed by atoms with Gasteiger partial charge in [0.05, 0.1) is 0 Å². The van der Waals surface area contributed by atoms with E-state index in [-0.39, 0.29) is 40.3 Å². The van der Waals surface area contributed by atoms with Crippen LogP contribution in [-0.2, 0) is 43.4 Å². The van der Waals surface area contributed by atoms with Gasteiger partial charge in [0, 0.05) is 34.1 Å². The van der Waals surface area contributed by atoms with Gasteiger partial charge in [0.1, 0.15) is 0 Å². The molecule has 0 aliphatic heterocycles. The number of rotatable bonds is 1. The predicted molar refractivity (Wildman–Crippen MR) is 20.8 cm³/mol. The van der Waals surface area contributed by atoms with Gasteiger partial charge in [-0.05, 0) is 0 Å². The minimum atomic E-state index is -4.59. The number of hydrogen-bond acceptors (Lipinski definition) is 4. The van der Waals surface area contributed by atoms with Crippen LogP contribution in [0.4, 0.5) is 0 Å². The minimum absolute atomic E-state index is 0. The first-order valence-corrected chi connectivity index (χ1v) is 2.48. The van der Waals surface area contributed by atoms with Crippen molar-refractivity contribution in [2.24, 2.45) is 0 Å². The molecule has 0 heterocycles. The Bertz CT molecular complexity index is 79.0. The van der Waals surface area contributed by atoms with Crippen LogP contribution in [0.15, 0.2) is 0 Å². The first-order valence-electron chi connectivity index (χ1n) is 0.948. The van der Waals surface area contributed by atoms with Crippen molar-refractivity contribution in [3.8, 4) is 0 Å². The van der Waals surface area contributed by atoms with E-state index in [1.54, 1.807) is 0 Å². The molecule has 9 heteroatoms. The van der Waals surface area contributed by atoms with Gasteiger partial charge in [-0.15, -0.1) is 4.67 Å². The molecular weight excluding hydrogens is 237 g/mol. The maximum Gasteiger partial charge on any atom is 0.496 e. The van der Waals surface area contributed by atoms with Crippen LogP contribution in [0.3, 0.4) is 0 Å². The van der Waals surface area contributed by atoms with Gasteiger partial charge in [-0.2, -0.15) is 0 Å². The van der Waals surface area contributed by atoms with Crippen LogP contribution < -0.4 is 6.15 Å². The van der Waals surface area contributed by atoms with Gasteiger partial charge >= 0.3 is 7.82 Å². The van der Waals surface area contributed by atoms with Gasteiger partial charge in [-0.1, -0.05) is 0 Å². The molecule has 0 aromatic carbocycles. The summed E-state index contributed by atoms with van der Waals surface area (Å²) in [5.74, 6) is 0. The average Bonchev–Trinajstić information content (AvgIpc) is 1.35. The summed E-state index contributed by atoms with van der Waals surface area (Å²) in [5.41, 5.74) is 0. The van der Waals surface area contributed by atoms with Crippen LogP contribution >= 0.6 is 7.82 Å². The Morgan fingerprint density at radius 1 is 1.22 bits per heavy atom. The Balaban J connectivity index is -0.0000000417. The van der Waals surface area contributed by atoms with Gasteiger partial charge in [0.2, 0.25) is 0 Å². The molecule has 0 saturated carbocycles. The predicted octanol–water partition coefficient (Wildman–Crippen LogP) is -0.274. The van der Waals surface area contributed by atoms with Gasteiger partial charge in [-0.25, -0.2) is 9.82 Å². The number of phosphoric acid groups is 1. The molecule has 0 amide bonds. The van der Waals surface area contributed by atoms with Gasteiger partial charge in [0.15, 0.2) is 0 Å². The van der Waals surface area contributed by atoms with Crippen LogP contribution in [-0.4, -0.2) is 15.0 Å². The molecule has 0 spiro atoms. The van der Waals surface area contributed by atoms with E-state index < -0.39 is 7.82 Å². The van der Waals surface area contributed by atoms with Crippen LogP contribution in [0.25, 0.3) is 0 Å². The number of hydrogen-bond donors (Lipinski definition) is 4. The first kappa shape index (κ1) is 22.5. The second-order valence-electron chi connectivity index (χ2n) is 0.572. The van der Waals surface area contributed by atoms with E-state index >= 15 is 0 Å². The molecule has 0 aliphatic carbocycles. The molecule has 62 valence electrons. The molecule has 0 aromatic rings. The van der Waals surface area contributed by atoms with Crippen molar-refractivity contribution in [2.45, 2.75) is 0 Å². The molecule has 0 fully saturated rings. The standard InChI is InChI=1S/2Fe.H3N.H3O5P/c;;;1-5-6(2,3)4/h;;1H3;1H,(H2,2,3,4). The normalized spacial score (nSPS) is 7.89. The molecule has 9 heavy (non-hydrogen) atoms. The molecule has 0 aromatic heterocycles. The Hall–Kier alpha value is 1.07. The summed E-state index contributed by atoms with van der Waals surface area (Å²) < 4.78 is 11.8. The second kappa shape index (κ2) is 9.07. The van der Waals surface area contributed by atoms with E-state index in [2.05, 4.69) is 4.67 Å². The van der Waals surface area contributed by atoms with E-state index in [1.165, 1.54) is 0 Å². The quantitative estimate of drug-likeness (QED) is 0.217. The van der Waals surface area contributed by atoms with Crippen molar-refractivity contribution < 1.29 is 58.4 Å². The molecule has 0 unspecified atom stereocenters. The Labute approximate surface area is 72.7 Å². The molecule has 0 atom stereocenters. The summed E-state index contributed by atoms with van der Waals surface area (Å²) in [4.78, 5) is 14.9. The average molecular weight is 243 g/mol.